The monoisotopic (exact) mass is 223 g/mol. The van der Waals surface area contributed by atoms with E-state index in [1.165, 1.54) is 0 Å². The Kier molecular flexibility index (Phi) is 3.29. The molecule has 0 saturated carbocycles. The van der Waals surface area contributed by atoms with Crippen molar-refractivity contribution in [1.82, 2.24) is 5.32 Å². The molecule has 0 aliphatic carbocycles. The van der Waals surface area contributed by atoms with Crippen LogP contribution >= 0.6 is 0 Å². The van der Waals surface area contributed by atoms with E-state index < -0.39 is 0 Å². The van der Waals surface area contributed by atoms with Crippen molar-refractivity contribution in [2.45, 2.75) is 38.8 Å². The standard InChI is InChI=1S/C12H17NO3/c1-8-5-6-11(16-8)12(14)13-9(2)10-4-3-7-15-10/h5-6,9-10H,3-4,7H2,1-2H3,(H,13,14)/t9-,10+/m1/s1. The summed E-state index contributed by atoms with van der Waals surface area (Å²) in [7, 11) is 0. The van der Waals surface area contributed by atoms with E-state index in [1.807, 2.05) is 13.8 Å². The van der Waals surface area contributed by atoms with Crippen LogP contribution in [0.25, 0.3) is 0 Å². The Bertz CT molecular complexity index is 366. The molecule has 2 rings (SSSR count). The lowest BCUT2D eigenvalue weighted by atomic mass is 10.1. The van der Waals surface area contributed by atoms with Crippen molar-refractivity contribution in [3.8, 4) is 0 Å². The molecule has 1 aromatic heterocycles. The summed E-state index contributed by atoms with van der Waals surface area (Å²) in [6, 6.07) is 3.50. The van der Waals surface area contributed by atoms with Gasteiger partial charge in [-0.3, -0.25) is 4.79 Å². The number of rotatable bonds is 3. The van der Waals surface area contributed by atoms with E-state index in [0.29, 0.717) is 5.76 Å². The third-order valence-electron chi connectivity index (χ3n) is 2.85. The summed E-state index contributed by atoms with van der Waals surface area (Å²) >= 11 is 0. The van der Waals surface area contributed by atoms with Gasteiger partial charge < -0.3 is 14.5 Å². The molecule has 2 heterocycles. The zero-order valence-corrected chi connectivity index (χ0v) is 9.66. The van der Waals surface area contributed by atoms with Crippen LogP contribution in [-0.4, -0.2) is 24.7 Å². The van der Waals surface area contributed by atoms with E-state index in [4.69, 9.17) is 9.15 Å². The van der Waals surface area contributed by atoms with Crippen molar-refractivity contribution >= 4 is 5.91 Å². The lowest BCUT2D eigenvalue weighted by molar-refractivity contribution is 0.0696. The molecule has 0 radical (unpaired) electrons. The minimum atomic E-state index is -0.170. The fourth-order valence-corrected chi connectivity index (χ4v) is 1.92. The summed E-state index contributed by atoms with van der Waals surface area (Å²) in [6.45, 7) is 4.58. The molecular weight excluding hydrogens is 206 g/mol. The van der Waals surface area contributed by atoms with Gasteiger partial charge in [-0.1, -0.05) is 0 Å². The van der Waals surface area contributed by atoms with Gasteiger partial charge in [0.1, 0.15) is 5.76 Å². The second kappa shape index (κ2) is 4.70. The lowest BCUT2D eigenvalue weighted by Crippen LogP contribution is -2.40. The van der Waals surface area contributed by atoms with Gasteiger partial charge in [0.15, 0.2) is 5.76 Å². The normalized spacial score (nSPS) is 22.0. The van der Waals surface area contributed by atoms with Gasteiger partial charge in [0, 0.05) is 6.61 Å². The molecule has 1 N–H and O–H groups in total. The first kappa shape index (κ1) is 11.2. The molecule has 1 aliphatic heterocycles. The van der Waals surface area contributed by atoms with Gasteiger partial charge >= 0.3 is 0 Å². The minimum Gasteiger partial charge on any atom is -0.456 e. The molecule has 0 aromatic carbocycles. The van der Waals surface area contributed by atoms with E-state index in [9.17, 15) is 4.79 Å². The van der Waals surface area contributed by atoms with Crippen LogP contribution in [0.3, 0.4) is 0 Å². The summed E-state index contributed by atoms with van der Waals surface area (Å²) < 4.78 is 10.8. The molecule has 1 amide bonds. The highest BCUT2D eigenvalue weighted by Gasteiger charge is 2.24. The largest absolute Gasteiger partial charge is 0.456 e. The summed E-state index contributed by atoms with van der Waals surface area (Å²) in [5.41, 5.74) is 0. The third kappa shape index (κ3) is 2.44. The highest BCUT2D eigenvalue weighted by atomic mass is 16.5. The van der Waals surface area contributed by atoms with Crippen molar-refractivity contribution in [3.63, 3.8) is 0 Å². The maximum absolute atomic E-state index is 11.8. The first-order valence-electron chi connectivity index (χ1n) is 5.66. The summed E-state index contributed by atoms with van der Waals surface area (Å²) in [6.07, 6.45) is 2.23. The number of ether oxygens (including phenoxy) is 1. The van der Waals surface area contributed by atoms with E-state index >= 15 is 0 Å². The van der Waals surface area contributed by atoms with Gasteiger partial charge in [0.2, 0.25) is 0 Å². The van der Waals surface area contributed by atoms with Gasteiger partial charge in [0.25, 0.3) is 5.91 Å². The lowest BCUT2D eigenvalue weighted by Gasteiger charge is -2.19. The molecule has 4 nitrogen and oxygen atoms in total. The highest BCUT2D eigenvalue weighted by molar-refractivity contribution is 5.91. The average Bonchev–Trinajstić information content (AvgIpc) is 2.87. The van der Waals surface area contributed by atoms with Crippen molar-refractivity contribution in [1.29, 1.82) is 0 Å². The van der Waals surface area contributed by atoms with E-state index in [-0.39, 0.29) is 18.1 Å². The number of hydrogen-bond acceptors (Lipinski definition) is 3. The van der Waals surface area contributed by atoms with Gasteiger partial charge in [-0.25, -0.2) is 0 Å². The Hall–Kier alpha value is -1.29. The van der Waals surface area contributed by atoms with Crippen molar-refractivity contribution in [3.05, 3.63) is 23.7 Å². The molecule has 1 aromatic rings. The Labute approximate surface area is 95.0 Å². The maximum Gasteiger partial charge on any atom is 0.287 e. The number of amides is 1. The molecular formula is C12H17NO3. The molecule has 1 fully saturated rings. The van der Waals surface area contributed by atoms with Crippen LogP contribution in [0.4, 0.5) is 0 Å². The molecule has 88 valence electrons. The van der Waals surface area contributed by atoms with Crippen molar-refractivity contribution in [2.75, 3.05) is 6.61 Å². The maximum atomic E-state index is 11.8. The molecule has 1 aliphatic rings. The second-order valence-corrected chi connectivity index (χ2v) is 4.22. The van der Waals surface area contributed by atoms with Crippen LogP contribution in [-0.2, 0) is 4.74 Å². The Morgan fingerprint density at radius 2 is 2.38 bits per heavy atom. The molecule has 16 heavy (non-hydrogen) atoms. The second-order valence-electron chi connectivity index (χ2n) is 4.22. The van der Waals surface area contributed by atoms with Gasteiger partial charge in [-0.15, -0.1) is 0 Å². The van der Waals surface area contributed by atoms with Gasteiger partial charge in [-0.05, 0) is 38.8 Å². The quantitative estimate of drug-likeness (QED) is 0.851. The first-order valence-corrected chi connectivity index (χ1v) is 5.66. The van der Waals surface area contributed by atoms with E-state index in [2.05, 4.69) is 5.32 Å². The topological polar surface area (TPSA) is 51.5 Å². The van der Waals surface area contributed by atoms with Crippen molar-refractivity contribution in [2.24, 2.45) is 0 Å². The number of carbonyl (C=O) groups is 1. The zero-order chi connectivity index (χ0) is 11.5. The smallest absolute Gasteiger partial charge is 0.287 e. The van der Waals surface area contributed by atoms with Crippen LogP contribution in [0.1, 0.15) is 36.1 Å². The predicted octanol–water partition coefficient (Wildman–Crippen LogP) is 1.89. The molecule has 4 heteroatoms. The molecule has 0 unspecified atom stereocenters. The van der Waals surface area contributed by atoms with Crippen molar-refractivity contribution < 1.29 is 13.9 Å². The summed E-state index contributed by atoms with van der Waals surface area (Å²) in [5.74, 6) is 0.938. The van der Waals surface area contributed by atoms with Gasteiger partial charge in [0.05, 0.1) is 12.1 Å². The fourth-order valence-electron chi connectivity index (χ4n) is 1.92. The molecule has 0 bridgehead atoms. The number of carbonyl (C=O) groups excluding carboxylic acids is 1. The number of hydrogen-bond donors (Lipinski definition) is 1. The third-order valence-corrected chi connectivity index (χ3v) is 2.85. The van der Waals surface area contributed by atoms with E-state index in [1.54, 1.807) is 12.1 Å². The van der Waals surface area contributed by atoms with Crippen LogP contribution in [0.2, 0.25) is 0 Å². The fraction of sp³-hybridized carbons (Fsp3) is 0.583. The van der Waals surface area contributed by atoms with Gasteiger partial charge in [-0.2, -0.15) is 0 Å². The summed E-state index contributed by atoms with van der Waals surface area (Å²) in [5, 5.41) is 2.89. The summed E-state index contributed by atoms with van der Waals surface area (Å²) in [4.78, 5) is 11.8. The SMILES string of the molecule is Cc1ccc(C(=O)N[C@H](C)[C@@H]2CCCO2)o1. The highest BCUT2D eigenvalue weighted by Crippen LogP contribution is 2.16. The average molecular weight is 223 g/mol. The van der Waals surface area contributed by atoms with Crippen LogP contribution < -0.4 is 5.32 Å². The molecule has 0 spiro atoms. The Balaban J connectivity index is 1.91. The predicted molar refractivity (Wildman–Crippen MR) is 59.3 cm³/mol. The molecule has 2 atom stereocenters. The number of aryl methyl sites for hydroxylation is 1. The zero-order valence-electron chi connectivity index (χ0n) is 9.66. The first-order chi connectivity index (χ1) is 7.66. The molecule has 1 saturated heterocycles. The Morgan fingerprint density at radius 1 is 1.56 bits per heavy atom. The number of furan rings is 1. The number of nitrogens with one attached hydrogen (secondary N) is 1. The van der Waals surface area contributed by atoms with Crippen LogP contribution in [0.15, 0.2) is 16.5 Å². The Morgan fingerprint density at radius 3 is 2.94 bits per heavy atom. The van der Waals surface area contributed by atoms with E-state index in [0.717, 1.165) is 25.2 Å². The minimum absolute atomic E-state index is 0.0282. The van der Waals surface area contributed by atoms with Crippen LogP contribution in [0.5, 0.6) is 0 Å². The van der Waals surface area contributed by atoms with Crippen LogP contribution in [0, 0.1) is 6.92 Å².